The molecule has 4 rings (SSSR count). The van der Waals surface area contributed by atoms with E-state index in [9.17, 15) is 24.6 Å². The molecule has 33 heavy (non-hydrogen) atoms. The van der Waals surface area contributed by atoms with Crippen LogP contribution >= 0.6 is 0 Å². The number of aliphatic hydroxyl groups excluding tert-OH is 1. The van der Waals surface area contributed by atoms with Crippen LogP contribution in [0.2, 0.25) is 0 Å². The van der Waals surface area contributed by atoms with Crippen LogP contribution in [0.4, 0.5) is 11.4 Å². The molecule has 0 saturated carbocycles. The predicted molar refractivity (Wildman–Crippen MR) is 124 cm³/mol. The highest BCUT2D eigenvalue weighted by Crippen LogP contribution is 2.46. The van der Waals surface area contributed by atoms with Crippen molar-refractivity contribution in [3.8, 4) is 0 Å². The van der Waals surface area contributed by atoms with E-state index in [2.05, 4.69) is 5.32 Å². The summed E-state index contributed by atoms with van der Waals surface area (Å²) in [4.78, 5) is 42.8. The molecule has 3 atom stereocenters. The number of benzene rings is 1. The van der Waals surface area contributed by atoms with Crippen LogP contribution in [0.5, 0.6) is 0 Å². The number of nitrogens with one attached hydrogen (secondary N) is 1. The summed E-state index contributed by atoms with van der Waals surface area (Å²) in [6.07, 6.45) is 5.21. The minimum Gasteiger partial charge on any atom is -0.394 e. The molecule has 0 aliphatic carbocycles. The van der Waals surface area contributed by atoms with Gasteiger partial charge in [-0.25, -0.2) is 0 Å². The maximum Gasteiger partial charge on any atom is 0.264 e. The van der Waals surface area contributed by atoms with Crippen molar-refractivity contribution in [2.45, 2.75) is 37.8 Å². The molecular formula is C24H32N4O5. The molecule has 2 fully saturated rings. The monoisotopic (exact) mass is 456 g/mol. The number of rotatable bonds is 6. The van der Waals surface area contributed by atoms with Gasteiger partial charge in [0.05, 0.1) is 24.9 Å². The van der Waals surface area contributed by atoms with E-state index in [1.165, 1.54) is 4.90 Å². The Balaban J connectivity index is 1.55. The van der Waals surface area contributed by atoms with Gasteiger partial charge in [0, 0.05) is 50.3 Å². The normalized spacial score (nSPS) is 26.4. The molecule has 0 radical (unpaired) electrons. The van der Waals surface area contributed by atoms with Crippen molar-refractivity contribution in [2.75, 3.05) is 49.6 Å². The Morgan fingerprint density at radius 3 is 2.85 bits per heavy atom. The smallest absolute Gasteiger partial charge is 0.264 e. The summed E-state index contributed by atoms with van der Waals surface area (Å²) in [6.45, 7) is 3.79. The number of aliphatic hydroxyl groups is 2. The standard InChI is InChI=1S/C24H32N4O5/c1-16(5-3-7-21(30)27-11-4-6-18(27)15-29)24(33)19-13-17(28-12-10-25-14-22(28)31)8-9-20(19)26(2)23(24)32/h3,5,8-9,13,16,18,25,29,33H,4,6-7,10-12,14-15H2,1-2H3/b5-3+/t16-,18-,24+/m0/s1. The van der Waals surface area contributed by atoms with Crippen molar-refractivity contribution in [3.05, 3.63) is 35.9 Å². The molecule has 0 spiro atoms. The lowest BCUT2D eigenvalue weighted by Crippen LogP contribution is -2.48. The van der Waals surface area contributed by atoms with Gasteiger partial charge in [-0.15, -0.1) is 0 Å². The van der Waals surface area contributed by atoms with E-state index in [-0.39, 0.29) is 37.4 Å². The average Bonchev–Trinajstić information content (AvgIpc) is 3.37. The Morgan fingerprint density at radius 2 is 2.12 bits per heavy atom. The number of carbonyl (C=O) groups is 3. The van der Waals surface area contributed by atoms with Crippen LogP contribution in [0.1, 0.15) is 31.7 Å². The number of amides is 3. The van der Waals surface area contributed by atoms with Crippen LogP contribution < -0.4 is 15.1 Å². The first-order valence-corrected chi connectivity index (χ1v) is 11.5. The van der Waals surface area contributed by atoms with Gasteiger partial charge < -0.3 is 30.2 Å². The number of anilines is 2. The molecular weight excluding hydrogens is 424 g/mol. The summed E-state index contributed by atoms with van der Waals surface area (Å²) in [5, 5.41) is 24.1. The van der Waals surface area contributed by atoms with Crippen molar-refractivity contribution >= 4 is 29.1 Å². The molecule has 1 aromatic carbocycles. The first-order valence-electron chi connectivity index (χ1n) is 11.5. The van der Waals surface area contributed by atoms with E-state index in [1.807, 2.05) is 0 Å². The number of likely N-dealkylation sites (tertiary alicyclic amines) is 1. The van der Waals surface area contributed by atoms with E-state index >= 15 is 0 Å². The van der Waals surface area contributed by atoms with Gasteiger partial charge in [0.1, 0.15) is 0 Å². The fourth-order valence-corrected chi connectivity index (χ4v) is 5.07. The molecule has 0 bridgehead atoms. The first kappa shape index (κ1) is 23.4. The number of nitrogens with zero attached hydrogens (tertiary/aromatic N) is 3. The topological polar surface area (TPSA) is 113 Å². The summed E-state index contributed by atoms with van der Waals surface area (Å²) in [5.41, 5.74) is -0.0784. The van der Waals surface area contributed by atoms with Crippen LogP contribution in [0.3, 0.4) is 0 Å². The molecule has 3 aliphatic rings. The lowest BCUT2D eigenvalue weighted by molar-refractivity contribution is -0.139. The maximum absolute atomic E-state index is 13.1. The third-order valence-corrected chi connectivity index (χ3v) is 7.07. The fraction of sp³-hybridized carbons (Fsp3) is 0.542. The Morgan fingerprint density at radius 1 is 1.33 bits per heavy atom. The summed E-state index contributed by atoms with van der Waals surface area (Å²) < 4.78 is 0. The highest BCUT2D eigenvalue weighted by Gasteiger charge is 2.51. The van der Waals surface area contributed by atoms with Gasteiger partial charge in [0.2, 0.25) is 11.8 Å². The van der Waals surface area contributed by atoms with Crippen LogP contribution in [0.25, 0.3) is 0 Å². The van der Waals surface area contributed by atoms with E-state index in [0.717, 1.165) is 12.8 Å². The number of likely N-dealkylation sites (N-methyl/N-ethyl adjacent to an activating group) is 1. The maximum atomic E-state index is 13.1. The summed E-state index contributed by atoms with van der Waals surface area (Å²) in [6, 6.07) is 5.16. The Hall–Kier alpha value is -2.75. The summed E-state index contributed by atoms with van der Waals surface area (Å²) in [7, 11) is 1.62. The van der Waals surface area contributed by atoms with Gasteiger partial charge in [-0.1, -0.05) is 19.1 Å². The van der Waals surface area contributed by atoms with Crippen molar-refractivity contribution in [3.63, 3.8) is 0 Å². The van der Waals surface area contributed by atoms with Crippen molar-refractivity contribution < 1.29 is 24.6 Å². The first-order chi connectivity index (χ1) is 15.8. The van der Waals surface area contributed by atoms with E-state index in [1.54, 1.807) is 54.1 Å². The molecule has 2 saturated heterocycles. The number of hydrogen-bond acceptors (Lipinski definition) is 6. The Bertz CT molecular complexity index is 980. The molecule has 0 aromatic heterocycles. The third-order valence-electron chi connectivity index (χ3n) is 7.07. The Kier molecular flexibility index (Phi) is 6.56. The van der Waals surface area contributed by atoms with Gasteiger partial charge in [-0.05, 0) is 31.0 Å². The highest BCUT2D eigenvalue weighted by atomic mass is 16.3. The lowest BCUT2D eigenvalue weighted by Gasteiger charge is -2.30. The largest absolute Gasteiger partial charge is 0.394 e. The van der Waals surface area contributed by atoms with Crippen LogP contribution in [0.15, 0.2) is 30.4 Å². The molecule has 0 unspecified atom stereocenters. The zero-order chi connectivity index (χ0) is 23.8. The average molecular weight is 457 g/mol. The second-order valence-electron chi connectivity index (χ2n) is 9.04. The van der Waals surface area contributed by atoms with Crippen LogP contribution in [-0.2, 0) is 20.0 Å². The second kappa shape index (κ2) is 9.24. The van der Waals surface area contributed by atoms with Crippen molar-refractivity contribution in [2.24, 2.45) is 5.92 Å². The van der Waals surface area contributed by atoms with Gasteiger partial charge in [-0.3, -0.25) is 14.4 Å². The third kappa shape index (κ3) is 4.05. The Labute approximate surface area is 193 Å². The molecule has 178 valence electrons. The minimum atomic E-state index is -1.79. The summed E-state index contributed by atoms with van der Waals surface area (Å²) >= 11 is 0. The molecule has 9 heteroatoms. The van der Waals surface area contributed by atoms with E-state index in [0.29, 0.717) is 36.6 Å². The molecule has 3 aliphatic heterocycles. The highest BCUT2D eigenvalue weighted by molar-refractivity contribution is 6.07. The van der Waals surface area contributed by atoms with Gasteiger partial charge in [0.25, 0.3) is 5.91 Å². The molecule has 9 nitrogen and oxygen atoms in total. The zero-order valence-electron chi connectivity index (χ0n) is 19.2. The number of carbonyl (C=O) groups excluding carboxylic acids is 3. The number of hydrogen-bond donors (Lipinski definition) is 3. The molecule has 1 aromatic rings. The SMILES string of the molecule is C[C@@H](/C=C/CC(=O)N1CCC[C@H]1CO)[C@]1(O)C(=O)N(C)c2ccc(N3CCNCC3=O)cc21. The van der Waals surface area contributed by atoms with Crippen LogP contribution in [0, 0.1) is 5.92 Å². The fourth-order valence-electron chi connectivity index (χ4n) is 5.07. The van der Waals surface area contributed by atoms with Crippen LogP contribution in [-0.4, -0.2) is 78.7 Å². The van der Waals surface area contributed by atoms with Gasteiger partial charge in [0.15, 0.2) is 5.60 Å². The number of piperazine rings is 1. The molecule has 3 heterocycles. The van der Waals surface area contributed by atoms with E-state index in [4.69, 9.17) is 0 Å². The lowest BCUT2D eigenvalue weighted by atomic mass is 9.82. The second-order valence-corrected chi connectivity index (χ2v) is 9.04. The zero-order valence-corrected chi connectivity index (χ0v) is 19.2. The van der Waals surface area contributed by atoms with Gasteiger partial charge >= 0.3 is 0 Å². The number of fused-ring (bicyclic) bond motifs is 1. The molecule has 3 amide bonds. The van der Waals surface area contributed by atoms with Crippen molar-refractivity contribution in [1.82, 2.24) is 10.2 Å². The minimum absolute atomic E-state index is 0.0405. The quantitative estimate of drug-likeness (QED) is 0.533. The predicted octanol–water partition coefficient (Wildman–Crippen LogP) is 0.353. The molecule has 3 N–H and O–H groups in total. The van der Waals surface area contributed by atoms with Crippen molar-refractivity contribution in [1.29, 1.82) is 0 Å². The summed E-state index contributed by atoms with van der Waals surface area (Å²) in [5.74, 6) is -1.17. The van der Waals surface area contributed by atoms with Gasteiger partial charge in [-0.2, -0.15) is 0 Å². The van der Waals surface area contributed by atoms with E-state index < -0.39 is 17.4 Å².